The molecule has 1 aliphatic rings. The zero-order valence-corrected chi connectivity index (χ0v) is 12.2. The molecule has 2 rings (SSSR count). The van der Waals surface area contributed by atoms with Crippen LogP contribution in [-0.2, 0) is 0 Å². The summed E-state index contributed by atoms with van der Waals surface area (Å²) in [5.74, 6) is 0.521. The van der Waals surface area contributed by atoms with Crippen molar-refractivity contribution >= 4 is 0 Å². The lowest BCUT2D eigenvalue weighted by Crippen LogP contribution is -2.36. The summed E-state index contributed by atoms with van der Waals surface area (Å²) in [6.07, 6.45) is 6.10. The van der Waals surface area contributed by atoms with Crippen LogP contribution in [0.25, 0.3) is 0 Å². The number of benzene rings is 1. The number of methoxy groups -OCH3 is 1. The molecule has 20 heavy (non-hydrogen) atoms. The largest absolute Gasteiger partial charge is 0.504 e. The maximum absolute atomic E-state index is 9.66. The quantitative estimate of drug-likeness (QED) is 0.915. The highest BCUT2D eigenvalue weighted by Crippen LogP contribution is 2.33. The summed E-state index contributed by atoms with van der Waals surface area (Å²) in [4.78, 5) is 2.16. The molecule has 0 bridgehead atoms. The second-order valence-corrected chi connectivity index (χ2v) is 5.42. The lowest BCUT2D eigenvalue weighted by molar-refractivity contribution is 0.164. The van der Waals surface area contributed by atoms with Gasteiger partial charge in [-0.05, 0) is 37.6 Å². The first-order chi connectivity index (χ1) is 9.67. The summed E-state index contributed by atoms with van der Waals surface area (Å²) in [6, 6.07) is 7.68. The van der Waals surface area contributed by atoms with Gasteiger partial charge in [-0.2, -0.15) is 5.26 Å². The van der Waals surface area contributed by atoms with Gasteiger partial charge in [0.05, 0.1) is 13.2 Å². The molecular weight excluding hydrogens is 252 g/mol. The number of phenolic OH excluding ortho intramolecular Hbond substituents is 1. The second kappa shape index (κ2) is 6.62. The van der Waals surface area contributed by atoms with Crippen LogP contribution in [0.15, 0.2) is 18.2 Å². The first kappa shape index (κ1) is 14.7. The van der Waals surface area contributed by atoms with Crippen LogP contribution in [0.2, 0.25) is 0 Å². The summed E-state index contributed by atoms with van der Waals surface area (Å²) in [5.41, 5.74) is 0.871. The summed E-state index contributed by atoms with van der Waals surface area (Å²) in [6.45, 7) is 0. The SMILES string of the molecule is COc1cc(C(C#N)N(C)C2CCCCC2)ccc1O. The molecule has 1 fully saturated rings. The Hall–Kier alpha value is -1.73. The van der Waals surface area contributed by atoms with E-state index in [4.69, 9.17) is 4.74 Å². The highest BCUT2D eigenvalue weighted by atomic mass is 16.5. The molecular formula is C16H22N2O2. The van der Waals surface area contributed by atoms with E-state index in [1.165, 1.54) is 26.4 Å². The van der Waals surface area contributed by atoms with E-state index in [9.17, 15) is 10.4 Å². The molecule has 1 saturated carbocycles. The molecule has 0 aromatic heterocycles. The van der Waals surface area contributed by atoms with Gasteiger partial charge in [0, 0.05) is 6.04 Å². The highest BCUT2D eigenvalue weighted by molar-refractivity contribution is 5.43. The molecule has 0 aliphatic heterocycles. The Morgan fingerprint density at radius 3 is 2.65 bits per heavy atom. The smallest absolute Gasteiger partial charge is 0.160 e. The third kappa shape index (κ3) is 3.05. The molecule has 0 spiro atoms. The Morgan fingerprint density at radius 1 is 1.35 bits per heavy atom. The number of aromatic hydroxyl groups is 1. The fourth-order valence-corrected chi connectivity index (χ4v) is 2.96. The van der Waals surface area contributed by atoms with Gasteiger partial charge in [0.15, 0.2) is 11.5 Å². The normalized spacial score (nSPS) is 17.7. The number of hydrogen-bond donors (Lipinski definition) is 1. The van der Waals surface area contributed by atoms with Crippen LogP contribution in [0.4, 0.5) is 0 Å². The molecule has 1 aromatic carbocycles. The van der Waals surface area contributed by atoms with E-state index in [0.29, 0.717) is 11.8 Å². The van der Waals surface area contributed by atoms with Crippen LogP contribution in [0.5, 0.6) is 11.5 Å². The molecule has 1 N–H and O–H groups in total. The summed E-state index contributed by atoms with van der Waals surface area (Å²) in [5, 5.41) is 19.2. The Morgan fingerprint density at radius 2 is 2.05 bits per heavy atom. The van der Waals surface area contributed by atoms with E-state index >= 15 is 0 Å². The zero-order chi connectivity index (χ0) is 14.5. The third-order valence-electron chi connectivity index (χ3n) is 4.20. The number of nitrogens with zero attached hydrogens (tertiary/aromatic N) is 2. The summed E-state index contributed by atoms with van der Waals surface area (Å²) in [7, 11) is 3.54. The van der Waals surface area contributed by atoms with Gasteiger partial charge in [0.1, 0.15) is 6.04 Å². The number of phenols is 1. The molecule has 1 aliphatic carbocycles. The molecule has 1 unspecified atom stereocenters. The lowest BCUT2D eigenvalue weighted by Gasteiger charge is -2.34. The zero-order valence-electron chi connectivity index (χ0n) is 12.2. The van der Waals surface area contributed by atoms with Gasteiger partial charge in [-0.15, -0.1) is 0 Å². The van der Waals surface area contributed by atoms with Gasteiger partial charge in [-0.3, -0.25) is 4.90 Å². The van der Waals surface area contributed by atoms with E-state index in [2.05, 4.69) is 11.0 Å². The van der Waals surface area contributed by atoms with Gasteiger partial charge in [0.2, 0.25) is 0 Å². The lowest BCUT2D eigenvalue weighted by atomic mass is 9.92. The fraction of sp³-hybridized carbons (Fsp3) is 0.562. The molecule has 0 saturated heterocycles. The number of ether oxygens (including phenoxy) is 1. The predicted molar refractivity (Wildman–Crippen MR) is 77.6 cm³/mol. The molecule has 1 aromatic rings. The average Bonchev–Trinajstić information content (AvgIpc) is 2.50. The van der Waals surface area contributed by atoms with Crippen molar-refractivity contribution in [2.45, 2.75) is 44.2 Å². The standard InChI is InChI=1S/C16H22N2O2/c1-18(13-6-4-3-5-7-13)14(11-17)12-8-9-15(19)16(10-12)20-2/h8-10,13-14,19H,3-7H2,1-2H3. The first-order valence-electron chi connectivity index (χ1n) is 7.16. The van der Waals surface area contributed by atoms with Crippen molar-refractivity contribution in [1.82, 2.24) is 4.90 Å². The minimum absolute atomic E-state index is 0.105. The first-order valence-corrected chi connectivity index (χ1v) is 7.16. The van der Waals surface area contributed by atoms with Gasteiger partial charge in [-0.1, -0.05) is 25.3 Å². The van der Waals surface area contributed by atoms with Gasteiger partial charge < -0.3 is 9.84 Å². The van der Waals surface area contributed by atoms with Gasteiger partial charge >= 0.3 is 0 Å². The Labute approximate surface area is 120 Å². The number of rotatable bonds is 4. The molecule has 4 heteroatoms. The average molecular weight is 274 g/mol. The second-order valence-electron chi connectivity index (χ2n) is 5.42. The Balaban J connectivity index is 2.21. The Kier molecular flexibility index (Phi) is 4.86. The number of hydrogen-bond acceptors (Lipinski definition) is 4. The van der Waals surface area contributed by atoms with Crippen molar-refractivity contribution in [1.29, 1.82) is 5.26 Å². The van der Waals surface area contributed by atoms with E-state index in [-0.39, 0.29) is 11.8 Å². The van der Waals surface area contributed by atoms with Crippen LogP contribution in [0, 0.1) is 11.3 Å². The van der Waals surface area contributed by atoms with Gasteiger partial charge in [-0.25, -0.2) is 0 Å². The van der Waals surface area contributed by atoms with Crippen LogP contribution in [0.3, 0.4) is 0 Å². The van der Waals surface area contributed by atoms with Crippen molar-refractivity contribution in [3.8, 4) is 17.6 Å². The molecule has 0 radical (unpaired) electrons. The molecule has 1 atom stereocenters. The number of nitriles is 1. The maximum atomic E-state index is 9.66. The highest BCUT2D eigenvalue weighted by Gasteiger charge is 2.26. The molecule has 0 amide bonds. The van der Waals surface area contributed by atoms with Crippen LogP contribution in [0.1, 0.15) is 43.7 Å². The van der Waals surface area contributed by atoms with Crippen molar-refractivity contribution in [2.24, 2.45) is 0 Å². The topological polar surface area (TPSA) is 56.5 Å². The predicted octanol–water partition coefficient (Wildman–Crippen LogP) is 3.23. The molecule has 108 valence electrons. The Bertz CT molecular complexity index is 490. The third-order valence-corrected chi connectivity index (χ3v) is 4.20. The van der Waals surface area contributed by atoms with E-state index in [0.717, 1.165) is 18.4 Å². The molecule has 4 nitrogen and oxygen atoms in total. The monoisotopic (exact) mass is 274 g/mol. The van der Waals surface area contributed by atoms with E-state index in [1.807, 2.05) is 7.05 Å². The fourth-order valence-electron chi connectivity index (χ4n) is 2.96. The summed E-state index contributed by atoms with van der Waals surface area (Å²) >= 11 is 0. The summed E-state index contributed by atoms with van der Waals surface area (Å²) < 4.78 is 5.13. The van der Waals surface area contributed by atoms with Crippen LogP contribution in [-0.4, -0.2) is 30.2 Å². The van der Waals surface area contributed by atoms with E-state index in [1.54, 1.807) is 18.2 Å². The van der Waals surface area contributed by atoms with Crippen molar-refractivity contribution < 1.29 is 9.84 Å². The van der Waals surface area contributed by atoms with Crippen molar-refractivity contribution in [3.63, 3.8) is 0 Å². The van der Waals surface area contributed by atoms with Crippen molar-refractivity contribution in [2.75, 3.05) is 14.2 Å². The van der Waals surface area contributed by atoms with E-state index < -0.39 is 0 Å². The minimum atomic E-state index is -0.299. The van der Waals surface area contributed by atoms with Crippen molar-refractivity contribution in [3.05, 3.63) is 23.8 Å². The van der Waals surface area contributed by atoms with Crippen LogP contribution >= 0.6 is 0 Å². The maximum Gasteiger partial charge on any atom is 0.160 e. The van der Waals surface area contributed by atoms with Crippen LogP contribution < -0.4 is 4.74 Å². The van der Waals surface area contributed by atoms with Gasteiger partial charge in [0.25, 0.3) is 0 Å². The molecule has 0 heterocycles. The minimum Gasteiger partial charge on any atom is -0.504 e.